The van der Waals surface area contributed by atoms with Crippen molar-refractivity contribution in [3.05, 3.63) is 58.6 Å². The smallest absolute Gasteiger partial charge is 0.307 e. The molecule has 2 rings (SSSR count). The van der Waals surface area contributed by atoms with E-state index in [4.69, 9.17) is 26.2 Å². The van der Waals surface area contributed by atoms with E-state index >= 15 is 0 Å². The number of ether oxygens (including phenoxy) is 2. The standard InChI is InChI=1S/C16H15ClO4/c1-20-13-5-2-11(3-6-13)10-21-15-7-4-12(8-14(15)17)9-16(18)19/h2-8H,9-10H2,1H3,(H,18,19). The van der Waals surface area contributed by atoms with Gasteiger partial charge in [-0.1, -0.05) is 29.8 Å². The normalized spacial score (nSPS) is 10.2. The minimum atomic E-state index is -0.891. The molecule has 0 aromatic heterocycles. The number of benzene rings is 2. The number of aliphatic carboxylic acids is 1. The Balaban J connectivity index is 2.00. The van der Waals surface area contributed by atoms with Gasteiger partial charge in [0, 0.05) is 0 Å². The molecule has 1 N–H and O–H groups in total. The molecule has 2 aromatic rings. The Labute approximate surface area is 127 Å². The number of carboxylic acids is 1. The summed E-state index contributed by atoms with van der Waals surface area (Å²) >= 11 is 6.09. The van der Waals surface area contributed by atoms with Crippen LogP contribution in [0.2, 0.25) is 5.02 Å². The Hall–Kier alpha value is -2.20. The van der Waals surface area contributed by atoms with Crippen molar-refractivity contribution in [2.24, 2.45) is 0 Å². The zero-order valence-electron chi connectivity index (χ0n) is 11.5. The summed E-state index contributed by atoms with van der Waals surface area (Å²) in [5.74, 6) is 0.425. The van der Waals surface area contributed by atoms with Crippen LogP contribution in [0.1, 0.15) is 11.1 Å². The lowest BCUT2D eigenvalue weighted by Crippen LogP contribution is -2.01. The van der Waals surface area contributed by atoms with Gasteiger partial charge in [-0.2, -0.15) is 0 Å². The molecule has 0 radical (unpaired) electrons. The summed E-state index contributed by atoms with van der Waals surface area (Å²) in [6.45, 7) is 0.377. The lowest BCUT2D eigenvalue weighted by Gasteiger charge is -2.09. The second-order valence-electron chi connectivity index (χ2n) is 4.47. The number of rotatable bonds is 6. The van der Waals surface area contributed by atoms with Gasteiger partial charge in [0.15, 0.2) is 0 Å². The third-order valence-electron chi connectivity index (χ3n) is 2.91. The lowest BCUT2D eigenvalue weighted by atomic mass is 10.1. The van der Waals surface area contributed by atoms with Crippen LogP contribution in [0.3, 0.4) is 0 Å². The van der Waals surface area contributed by atoms with Crippen LogP contribution in [-0.4, -0.2) is 18.2 Å². The number of hydrogen-bond acceptors (Lipinski definition) is 3. The number of hydrogen-bond donors (Lipinski definition) is 1. The van der Waals surface area contributed by atoms with Crippen molar-refractivity contribution >= 4 is 17.6 Å². The molecule has 0 aliphatic heterocycles. The second kappa shape index (κ2) is 6.99. The molecule has 0 atom stereocenters. The molecule has 5 heteroatoms. The number of halogens is 1. The van der Waals surface area contributed by atoms with Crippen LogP contribution in [0.4, 0.5) is 0 Å². The number of carboxylic acid groups (broad SMARTS) is 1. The van der Waals surface area contributed by atoms with Gasteiger partial charge in [0.2, 0.25) is 0 Å². The molecule has 2 aromatic carbocycles. The topological polar surface area (TPSA) is 55.8 Å². The van der Waals surface area contributed by atoms with E-state index < -0.39 is 5.97 Å². The van der Waals surface area contributed by atoms with Gasteiger partial charge in [0.1, 0.15) is 18.1 Å². The maximum atomic E-state index is 10.6. The summed E-state index contributed by atoms with van der Waals surface area (Å²) in [6.07, 6.45) is -0.0571. The van der Waals surface area contributed by atoms with Crippen molar-refractivity contribution in [1.82, 2.24) is 0 Å². The molecule has 0 heterocycles. The number of carbonyl (C=O) groups is 1. The highest BCUT2D eigenvalue weighted by Gasteiger charge is 2.06. The van der Waals surface area contributed by atoms with E-state index in [1.165, 1.54) is 0 Å². The fourth-order valence-corrected chi connectivity index (χ4v) is 2.09. The van der Waals surface area contributed by atoms with Gasteiger partial charge in [0.05, 0.1) is 18.6 Å². The molecule has 0 spiro atoms. The van der Waals surface area contributed by atoms with Crippen molar-refractivity contribution in [2.75, 3.05) is 7.11 Å². The van der Waals surface area contributed by atoms with E-state index in [1.54, 1.807) is 25.3 Å². The van der Waals surface area contributed by atoms with Gasteiger partial charge in [-0.25, -0.2) is 0 Å². The van der Waals surface area contributed by atoms with Crippen LogP contribution in [0.5, 0.6) is 11.5 Å². The van der Waals surface area contributed by atoms with Crippen LogP contribution >= 0.6 is 11.6 Å². The number of methoxy groups -OCH3 is 1. The van der Waals surface area contributed by atoms with Gasteiger partial charge in [0.25, 0.3) is 0 Å². The minimum absolute atomic E-state index is 0.0571. The Morgan fingerprint density at radius 3 is 2.38 bits per heavy atom. The highest BCUT2D eigenvalue weighted by Crippen LogP contribution is 2.26. The monoisotopic (exact) mass is 306 g/mol. The average molecular weight is 307 g/mol. The maximum Gasteiger partial charge on any atom is 0.307 e. The van der Waals surface area contributed by atoms with Gasteiger partial charge in [-0.05, 0) is 35.4 Å². The molecule has 0 saturated carbocycles. The molecule has 0 bridgehead atoms. The first-order valence-electron chi connectivity index (χ1n) is 6.34. The van der Waals surface area contributed by atoms with Crippen molar-refractivity contribution in [3.8, 4) is 11.5 Å². The SMILES string of the molecule is COc1ccc(COc2ccc(CC(=O)O)cc2Cl)cc1. The van der Waals surface area contributed by atoms with Crippen LogP contribution in [0, 0.1) is 0 Å². The van der Waals surface area contributed by atoms with Crippen LogP contribution in [0.15, 0.2) is 42.5 Å². The third kappa shape index (κ3) is 4.39. The van der Waals surface area contributed by atoms with Crippen molar-refractivity contribution in [2.45, 2.75) is 13.0 Å². The zero-order chi connectivity index (χ0) is 15.2. The fourth-order valence-electron chi connectivity index (χ4n) is 1.83. The summed E-state index contributed by atoms with van der Waals surface area (Å²) in [5.41, 5.74) is 1.63. The molecule has 0 unspecified atom stereocenters. The van der Waals surface area contributed by atoms with E-state index in [1.807, 2.05) is 24.3 Å². The van der Waals surface area contributed by atoms with E-state index in [2.05, 4.69) is 0 Å². The minimum Gasteiger partial charge on any atom is -0.497 e. The highest BCUT2D eigenvalue weighted by atomic mass is 35.5. The second-order valence-corrected chi connectivity index (χ2v) is 4.88. The van der Waals surface area contributed by atoms with E-state index in [-0.39, 0.29) is 6.42 Å². The summed E-state index contributed by atoms with van der Waals surface area (Å²) in [6, 6.07) is 12.5. The van der Waals surface area contributed by atoms with Crippen LogP contribution in [-0.2, 0) is 17.8 Å². The Kier molecular flexibility index (Phi) is 5.06. The molecule has 0 amide bonds. The summed E-state index contributed by atoms with van der Waals surface area (Å²) < 4.78 is 10.7. The third-order valence-corrected chi connectivity index (χ3v) is 3.20. The molecule has 110 valence electrons. The maximum absolute atomic E-state index is 10.6. The molecular weight excluding hydrogens is 292 g/mol. The van der Waals surface area contributed by atoms with Crippen molar-refractivity contribution in [3.63, 3.8) is 0 Å². The Bertz CT molecular complexity index is 623. The summed E-state index contributed by atoms with van der Waals surface area (Å²) in [4.78, 5) is 10.6. The Morgan fingerprint density at radius 2 is 1.81 bits per heavy atom. The quantitative estimate of drug-likeness (QED) is 0.886. The first kappa shape index (κ1) is 15.2. The molecule has 21 heavy (non-hydrogen) atoms. The molecule has 0 aliphatic carbocycles. The van der Waals surface area contributed by atoms with Gasteiger partial charge < -0.3 is 14.6 Å². The highest BCUT2D eigenvalue weighted by molar-refractivity contribution is 6.32. The molecule has 4 nitrogen and oxygen atoms in total. The van der Waals surface area contributed by atoms with Gasteiger partial charge in [-0.3, -0.25) is 4.79 Å². The first-order chi connectivity index (χ1) is 10.1. The largest absolute Gasteiger partial charge is 0.497 e. The van der Waals surface area contributed by atoms with Gasteiger partial charge in [-0.15, -0.1) is 0 Å². The van der Waals surface area contributed by atoms with Gasteiger partial charge >= 0.3 is 5.97 Å². The van der Waals surface area contributed by atoms with Crippen molar-refractivity contribution < 1.29 is 19.4 Å². The predicted octanol–water partition coefficient (Wildman–Crippen LogP) is 3.55. The van der Waals surface area contributed by atoms with E-state index in [0.29, 0.717) is 22.9 Å². The fraction of sp³-hybridized carbons (Fsp3) is 0.188. The molecular formula is C16H15ClO4. The van der Waals surface area contributed by atoms with E-state index in [9.17, 15) is 4.79 Å². The van der Waals surface area contributed by atoms with Crippen LogP contribution < -0.4 is 9.47 Å². The van der Waals surface area contributed by atoms with E-state index in [0.717, 1.165) is 11.3 Å². The summed E-state index contributed by atoms with van der Waals surface area (Å²) in [5, 5.41) is 9.14. The zero-order valence-corrected chi connectivity index (χ0v) is 12.3. The van der Waals surface area contributed by atoms with Crippen LogP contribution in [0.25, 0.3) is 0 Å². The molecule has 0 fully saturated rings. The lowest BCUT2D eigenvalue weighted by molar-refractivity contribution is -0.136. The Morgan fingerprint density at radius 1 is 1.14 bits per heavy atom. The average Bonchev–Trinajstić information content (AvgIpc) is 2.46. The molecule has 0 saturated heterocycles. The molecule has 0 aliphatic rings. The predicted molar refractivity (Wildman–Crippen MR) is 80.1 cm³/mol. The van der Waals surface area contributed by atoms with Crippen molar-refractivity contribution in [1.29, 1.82) is 0 Å². The first-order valence-corrected chi connectivity index (χ1v) is 6.72. The summed E-state index contributed by atoms with van der Waals surface area (Å²) in [7, 11) is 1.62.